The Bertz CT molecular complexity index is 281. The first-order valence-corrected chi connectivity index (χ1v) is 4.50. The standard InChI is InChI=1S/C10H12F4/c1-6(2)7-4-3-5-8(9(7)11)10(12,13)14/h4,6H,3,5H2,1-2H3. The van der Waals surface area contributed by atoms with Gasteiger partial charge in [0.1, 0.15) is 5.83 Å². The Morgan fingerprint density at radius 3 is 2.29 bits per heavy atom. The van der Waals surface area contributed by atoms with Crippen LogP contribution in [0.2, 0.25) is 0 Å². The summed E-state index contributed by atoms with van der Waals surface area (Å²) in [7, 11) is 0. The maximum absolute atomic E-state index is 13.4. The second kappa shape index (κ2) is 3.75. The average Bonchev–Trinajstić information content (AvgIpc) is 2.01. The van der Waals surface area contributed by atoms with Crippen LogP contribution in [0.5, 0.6) is 0 Å². The van der Waals surface area contributed by atoms with Crippen molar-refractivity contribution in [1.82, 2.24) is 0 Å². The van der Waals surface area contributed by atoms with Gasteiger partial charge in [0.2, 0.25) is 0 Å². The van der Waals surface area contributed by atoms with Crippen molar-refractivity contribution in [1.29, 1.82) is 0 Å². The summed E-state index contributed by atoms with van der Waals surface area (Å²) < 4.78 is 50.3. The van der Waals surface area contributed by atoms with Gasteiger partial charge in [0.25, 0.3) is 0 Å². The molecule has 0 unspecified atom stereocenters. The third-order valence-corrected chi connectivity index (χ3v) is 2.24. The van der Waals surface area contributed by atoms with Gasteiger partial charge in [-0.3, -0.25) is 0 Å². The molecule has 0 nitrogen and oxygen atoms in total. The maximum Gasteiger partial charge on any atom is 0.415 e. The SMILES string of the molecule is CC(C)C1=CCCC(C(F)(F)F)=C1F. The van der Waals surface area contributed by atoms with E-state index in [-0.39, 0.29) is 24.3 Å². The van der Waals surface area contributed by atoms with Crippen molar-refractivity contribution in [2.75, 3.05) is 0 Å². The Morgan fingerprint density at radius 1 is 1.29 bits per heavy atom. The van der Waals surface area contributed by atoms with Gasteiger partial charge in [-0.1, -0.05) is 19.9 Å². The van der Waals surface area contributed by atoms with Crippen LogP contribution in [-0.2, 0) is 0 Å². The molecule has 1 rings (SSSR count). The highest BCUT2D eigenvalue weighted by Crippen LogP contribution is 2.39. The first-order chi connectivity index (χ1) is 6.34. The summed E-state index contributed by atoms with van der Waals surface area (Å²) in [6, 6.07) is 0. The minimum atomic E-state index is -4.53. The van der Waals surface area contributed by atoms with Gasteiger partial charge in [-0.15, -0.1) is 0 Å². The van der Waals surface area contributed by atoms with E-state index in [9.17, 15) is 17.6 Å². The van der Waals surface area contributed by atoms with E-state index in [0.717, 1.165) is 0 Å². The van der Waals surface area contributed by atoms with Gasteiger partial charge in [0.15, 0.2) is 0 Å². The molecule has 0 aromatic heterocycles. The van der Waals surface area contributed by atoms with Crippen LogP contribution in [0, 0.1) is 5.92 Å². The Morgan fingerprint density at radius 2 is 1.86 bits per heavy atom. The smallest absolute Gasteiger partial charge is 0.206 e. The number of rotatable bonds is 1. The second-order valence-electron chi connectivity index (χ2n) is 3.64. The predicted octanol–water partition coefficient (Wildman–Crippen LogP) is 4.15. The van der Waals surface area contributed by atoms with E-state index < -0.39 is 17.6 Å². The molecule has 1 aliphatic rings. The van der Waals surface area contributed by atoms with Gasteiger partial charge in [0.05, 0.1) is 5.57 Å². The van der Waals surface area contributed by atoms with E-state index in [1.807, 2.05) is 0 Å². The third kappa shape index (κ3) is 2.16. The molecule has 0 N–H and O–H groups in total. The molecule has 4 heteroatoms. The first-order valence-electron chi connectivity index (χ1n) is 4.50. The van der Waals surface area contributed by atoms with Crippen LogP contribution in [0.15, 0.2) is 23.0 Å². The molecule has 0 atom stereocenters. The Balaban J connectivity index is 3.07. The van der Waals surface area contributed by atoms with Crippen molar-refractivity contribution < 1.29 is 17.6 Å². The summed E-state index contributed by atoms with van der Waals surface area (Å²) in [6.45, 7) is 3.37. The summed E-state index contributed by atoms with van der Waals surface area (Å²) in [5.41, 5.74) is -0.827. The number of allylic oxidation sites excluding steroid dienone is 4. The molecule has 0 saturated carbocycles. The summed E-state index contributed by atoms with van der Waals surface area (Å²) in [5, 5.41) is 0. The van der Waals surface area contributed by atoms with Crippen LogP contribution in [0.3, 0.4) is 0 Å². The minimum absolute atomic E-state index is 0.184. The molecule has 0 spiro atoms. The molecular formula is C10H12F4. The van der Waals surface area contributed by atoms with E-state index in [1.165, 1.54) is 0 Å². The van der Waals surface area contributed by atoms with Crippen molar-refractivity contribution in [2.45, 2.75) is 32.9 Å². The summed E-state index contributed by atoms with van der Waals surface area (Å²) in [4.78, 5) is 0. The number of hydrogen-bond donors (Lipinski definition) is 0. The molecule has 14 heavy (non-hydrogen) atoms. The lowest BCUT2D eigenvalue weighted by molar-refractivity contribution is -0.0960. The molecule has 0 aromatic carbocycles. The van der Waals surface area contributed by atoms with Crippen molar-refractivity contribution in [3.05, 3.63) is 23.0 Å². The Labute approximate surface area is 80.3 Å². The van der Waals surface area contributed by atoms with Crippen LogP contribution in [0.4, 0.5) is 17.6 Å². The number of halogens is 4. The predicted molar refractivity (Wildman–Crippen MR) is 46.3 cm³/mol. The van der Waals surface area contributed by atoms with E-state index in [2.05, 4.69) is 0 Å². The monoisotopic (exact) mass is 208 g/mol. The lowest BCUT2D eigenvalue weighted by Gasteiger charge is -2.20. The average molecular weight is 208 g/mol. The van der Waals surface area contributed by atoms with E-state index in [0.29, 0.717) is 0 Å². The molecule has 1 aliphatic carbocycles. The zero-order chi connectivity index (χ0) is 10.9. The fraction of sp³-hybridized carbons (Fsp3) is 0.600. The lowest BCUT2D eigenvalue weighted by Crippen LogP contribution is -2.17. The van der Waals surface area contributed by atoms with E-state index in [4.69, 9.17) is 0 Å². The van der Waals surface area contributed by atoms with Gasteiger partial charge < -0.3 is 0 Å². The molecule has 0 saturated heterocycles. The number of alkyl halides is 3. The molecular weight excluding hydrogens is 196 g/mol. The molecule has 80 valence electrons. The normalized spacial score (nSPS) is 18.9. The highest BCUT2D eigenvalue weighted by atomic mass is 19.4. The fourth-order valence-corrected chi connectivity index (χ4v) is 1.50. The largest absolute Gasteiger partial charge is 0.415 e. The van der Waals surface area contributed by atoms with Crippen molar-refractivity contribution in [3.63, 3.8) is 0 Å². The van der Waals surface area contributed by atoms with Crippen LogP contribution < -0.4 is 0 Å². The Hall–Kier alpha value is -0.800. The molecule has 0 fully saturated rings. The number of hydrogen-bond acceptors (Lipinski definition) is 0. The molecule has 0 radical (unpaired) electrons. The quantitative estimate of drug-likeness (QED) is 0.568. The molecule has 0 aliphatic heterocycles. The second-order valence-corrected chi connectivity index (χ2v) is 3.64. The fourth-order valence-electron chi connectivity index (χ4n) is 1.50. The first kappa shape index (κ1) is 11.3. The highest BCUT2D eigenvalue weighted by Gasteiger charge is 2.38. The van der Waals surface area contributed by atoms with Gasteiger partial charge in [-0.25, -0.2) is 4.39 Å². The maximum atomic E-state index is 13.4. The summed E-state index contributed by atoms with van der Waals surface area (Å²) >= 11 is 0. The zero-order valence-electron chi connectivity index (χ0n) is 8.08. The van der Waals surface area contributed by atoms with Crippen LogP contribution >= 0.6 is 0 Å². The lowest BCUT2D eigenvalue weighted by atomic mass is 9.91. The van der Waals surface area contributed by atoms with Gasteiger partial charge in [-0.05, 0) is 24.3 Å². The van der Waals surface area contributed by atoms with E-state index >= 15 is 0 Å². The third-order valence-electron chi connectivity index (χ3n) is 2.24. The zero-order valence-corrected chi connectivity index (χ0v) is 8.08. The van der Waals surface area contributed by atoms with E-state index in [1.54, 1.807) is 19.9 Å². The summed E-state index contributed by atoms with van der Waals surface area (Å²) in [6.07, 6.45) is -2.95. The molecule has 0 aromatic rings. The van der Waals surface area contributed by atoms with Crippen molar-refractivity contribution in [2.24, 2.45) is 5.92 Å². The van der Waals surface area contributed by atoms with Crippen LogP contribution in [0.25, 0.3) is 0 Å². The molecule has 0 amide bonds. The topological polar surface area (TPSA) is 0 Å². The van der Waals surface area contributed by atoms with Gasteiger partial charge in [-0.2, -0.15) is 13.2 Å². The molecule has 0 heterocycles. The van der Waals surface area contributed by atoms with Crippen LogP contribution in [-0.4, -0.2) is 6.18 Å². The van der Waals surface area contributed by atoms with Gasteiger partial charge in [0, 0.05) is 0 Å². The minimum Gasteiger partial charge on any atom is -0.206 e. The van der Waals surface area contributed by atoms with Crippen LogP contribution in [0.1, 0.15) is 26.7 Å². The molecule has 0 bridgehead atoms. The van der Waals surface area contributed by atoms with Crippen molar-refractivity contribution >= 4 is 0 Å². The highest BCUT2D eigenvalue weighted by molar-refractivity contribution is 5.36. The summed E-state index contributed by atoms with van der Waals surface area (Å²) in [5.74, 6) is -1.27. The van der Waals surface area contributed by atoms with Gasteiger partial charge >= 0.3 is 6.18 Å². The van der Waals surface area contributed by atoms with Crippen molar-refractivity contribution in [3.8, 4) is 0 Å². The Kier molecular flexibility index (Phi) is 3.02.